The van der Waals surface area contributed by atoms with Crippen molar-refractivity contribution in [3.05, 3.63) is 53.6 Å². The predicted molar refractivity (Wildman–Crippen MR) is 111 cm³/mol. The van der Waals surface area contributed by atoms with Gasteiger partial charge in [0.2, 0.25) is 17.7 Å². The van der Waals surface area contributed by atoms with Crippen molar-refractivity contribution in [3.63, 3.8) is 0 Å². The number of para-hydroxylation sites is 2. The Labute approximate surface area is 170 Å². The smallest absolute Gasteiger partial charge is 0.244 e. The molecule has 0 aromatic heterocycles. The van der Waals surface area contributed by atoms with Crippen LogP contribution in [0.3, 0.4) is 0 Å². The number of hydrogen-bond donors (Lipinski definition) is 2. The van der Waals surface area contributed by atoms with Crippen LogP contribution < -0.4 is 20.3 Å². The highest BCUT2D eigenvalue weighted by atomic mass is 16.5. The Hall–Kier alpha value is -3.35. The predicted octanol–water partition coefficient (Wildman–Crippen LogP) is 2.95. The lowest BCUT2D eigenvalue weighted by Gasteiger charge is -2.29. The summed E-state index contributed by atoms with van der Waals surface area (Å²) in [6.07, 6.45) is 0.0582. The van der Waals surface area contributed by atoms with Gasteiger partial charge < -0.3 is 20.3 Å². The van der Waals surface area contributed by atoms with Crippen LogP contribution in [-0.4, -0.2) is 31.4 Å². The highest BCUT2D eigenvalue weighted by Gasteiger charge is 2.26. The van der Waals surface area contributed by atoms with Crippen LogP contribution in [0.15, 0.2) is 42.5 Å². The zero-order valence-corrected chi connectivity index (χ0v) is 16.8. The highest BCUT2D eigenvalue weighted by Crippen LogP contribution is 2.29. The molecule has 0 radical (unpaired) electrons. The Bertz CT molecular complexity index is 941. The molecule has 2 aromatic carbocycles. The maximum atomic E-state index is 12.7. The minimum atomic E-state index is -0.261. The molecule has 0 spiro atoms. The van der Waals surface area contributed by atoms with Gasteiger partial charge in [0.05, 0.1) is 24.5 Å². The second-order valence-electron chi connectivity index (χ2n) is 7.08. The van der Waals surface area contributed by atoms with Crippen LogP contribution >= 0.6 is 0 Å². The molecular formula is C22H25N3O4. The average molecular weight is 395 g/mol. The van der Waals surface area contributed by atoms with Crippen molar-refractivity contribution in [1.29, 1.82) is 0 Å². The maximum Gasteiger partial charge on any atom is 0.244 e. The van der Waals surface area contributed by atoms with Gasteiger partial charge in [-0.15, -0.1) is 0 Å². The van der Waals surface area contributed by atoms with E-state index in [1.54, 1.807) is 31.4 Å². The molecule has 7 nitrogen and oxygen atoms in total. The van der Waals surface area contributed by atoms with E-state index in [2.05, 4.69) is 10.6 Å². The summed E-state index contributed by atoms with van der Waals surface area (Å²) in [6, 6.07) is 12.7. The number of amides is 3. The minimum absolute atomic E-state index is 0.0190. The Morgan fingerprint density at radius 1 is 1.21 bits per heavy atom. The second-order valence-corrected chi connectivity index (χ2v) is 7.08. The second kappa shape index (κ2) is 8.77. The summed E-state index contributed by atoms with van der Waals surface area (Å²) >= 11 is 0. The zero-order valence-electron chi connectivity index (χ0n) is 16.8. The Balaban J connectivity index is 1.61. The average Bonchev–Trinajstić information content (AvgIpc) is 2.71. The first-order chi connectivity index (χ1) is 13.9. The highest BCUT2D eigenvalue weighted by molar-refractivity contribution is 6.10. The molecule has 1 heterocycles. The molecule has 0 fully saturated rings. The molecule has 2 aromatic rings. The van der Waals surface area contributed by atoms with E-state index in [1.807, 2.05) is 32.0 Å². The molecular weight excluding hydrogens is 370 g/mol. The van der Waals surface area contributed by atoms with Crippen molar-refractivity contribution >= 4 is 29.1 Å². The van der Waals surface area contributed by atoms with Crippen molar-refractivity contribution in [1.82, 2.24) is 5.32 Å². The van der Waals surface area contributed by atoms with Gasteiger partial charge in [0.25, 0.3) is 0 Å². The molecule has 7 heteroatoms. The topological polar surface area (TPSA) is 87.7 Å². The van der Waals surface area contributed by atoms with Gasteiger partial charge >= 0.3 is 0 Å². The van der Waals surface area contributed by atoms with Crippen LogP contribution in [-0.2, 0) is 14.4 Å². The van der Waals surface area contributed by atoms with Gasteiger partial charge in [-0.1, -0.05) is 29.8 Å². The summed E-state index contributed by atoms with van der Waals surface area (Å²) in [5.74, 6) is -0.0375. The maximum absolute atomic E-state index is 12.7. The van der Waals surface area contributed by atoms with Crippen LogP contribution in [0.4, 0.5) is 11.4 Å². The third-order valence-electron chi connectivity index (χ3n) is 4.87. The Morgan fingerprint density at radius 3 is 2.72 bits per heavy atom. The van der Waals surface area contributed by atoms with Gasteiger partial charge in [-0.2, -0.15) is 0 Å². The summed E-state index contributed by atoms with van der Waals surface area (Å²) in [7, 11) is 1.59. The van der Waals surface area contributed by atoms with Crippen molar-refractivity contribution in [3.8, 4) is 5.75 Å². The van der Waals surface area contributed by atoms with Crippen molar-refractivity contribution < 1.29 is 19.1 Å². The van der Waals surface area contributed by atoms with Crippen molar-refractivity contribution in [2.75, 3.05) is 23.9 Å². The number of nitrogens with zero attached hydrogens (tertiary/aromatic N) is 1. The molecule has 1 aliphatic rings. The van der Waals surface area contributed by atoms with E-state index < -0.39 is 0 Å². The van der Waals surface area contributed by atoms with E-state index in [1.165, 1.54) is 4.90 Å². The number of rotatable bonds is 6. The fourth-order valence-corrected chi connectivity index (χ4v) is 3.39. The van der Waals surface area contributed by atoms with Gasteiger partial charge in [0.1, 0.15) is 12.3 Å². The van der Waals surface area contributed by atoms with Gasteiger partial charge in [0, 0.05) is 18.4 Å². The fraction of sp³-hybridized carbons (Fsp3) is 0.318. The lowest BCUT2D eigenvalue weighted by molar-refractivity contribution is -0.126. The number of nitrogens with one attached hydrogen (secondary N) is 2. The number of fused-ring (bicyclic) bond motifs is 1. The minimum Gasteiger partial charge on any atom is -0.496 e. The SMILES string of the molecule is COc1ccc(C)cc1[C@H](C)NC(=O)CCC(=O)N1CC(=O)Nc2ccccc21. The number of carbonyl (C=O) groups is 3. The van der Waals surface area contributed by atoms with E-state index >= 15 is 0 Å². The number of hydrogen-bond acceptors (Lipinski definition) is 4. The molecule has 29 heavy (non-hydrogen) atoms. The number of methoxy groups -OCH3 is 1. The number of carbonyl (C=O) groups excluding carboxylic acids is 3. The molecule has 0 bridgehead atoms. The lowest BCUT2D eigenvalue weighted by atomic mass is 10.0. The van der Waals surface area contributed by atoms with Gasteiger partial charge in [0.15, 0.2) is 0 Å². The first-order valence-corrected chi connectivity index (χ1v) is 9.52. The summed E-state index contributed by atoms with van der Waals surface area (Å²) in [6.45, 7) is 3.80. The number of benzene rings is 2. The molecule has 0 saturated heterocycles. The van der Waals surface area contributed by atoms with Crippen LogP contribution in [0.2, 0.25) is 0 Å². The van der Waals surface area contributed by atoms with E-state index in [-0.39, 0.29) is 43.1 Å². The standard InChI is InChI=1S/C22H25N3O4/c1-14-8-9-19(29-3)16(12-14)15(2)23-20(26)10-11-22(28)25-13-21(27)24-17-6-4-5-7-18(17)25/h4-9,12,15H,10-11,13H2,1-3H3,(H,23,26)(H,24,27)/t15-/m0/s1. The summed E-state index contributed by atoms with van der Waals surface area (Å²) in [5, 5.41) is 5.66. The van der Waals surface area contributed by atoms with E-state index in [4.69, 9.17) is 4.74 Å². The quantitative estimate of drug-likeness (QED) is 0.787. The van der Waals surface area contributed by atoms with Crippen LogP contribution in [0.25, 0.3) is 0 Å². The van der Waals surface area contributed by atoms with E-state index in [0.29, 0.717) is 17.1 Å². The molecule has 1 atom stereocenters. The van der Waals surface area contributed by atoms with Crippen molar-refractivity contribution in [2.24, 2.45) is 0 Å². The summed E-state index contributed by atoms with van der Waals surface area (Å²) in [4.78, 5) is 38.4. The summed E-state index contributed by atoms with van der Waals surface area (Å²) < 4.78 is 5.37. The largest absolute Gasteiger partial charge is 0.496 e. The summed E-state index contributed by atoms with van der Waals surface area (Å²) in [5.41, 5.74) is 3.20. The van der Waals surface area contributed by atoms with Gasteiger partial charge in [-0.25, -0.2) is 0 Å². The monoisotopic (exact) mass is 395 g/mol. The molecule has 0 unspecified atom stereocenters. The first kappa shape index (κ1) is 20.4. The number of ether oxygens (including phenoxy) is 1. The fourth-order valence-electron chi connectivity index (χ4n) is 3.39. The van der Waals surface area contributed by atoms with Crippen LogP contribution in [0.5, 0.6) is 5.75 Å². The number of aryl methyl sites for hydroxylation is 1. The van der Waals surface area contributed by atoms with E-state index in [0.717, 1.165) is 11.1 Å². The van der Waals surface area contributed by atoms with Crippen molar-refractivity contribution in [2.45, 2.75) is 32.7 Å². The molecule has 0 saturated carbocycles. The molecule has 152 valence electrons. The first-order valence-electron chi connectivity index (χ1n) is 9.52. The third kappa shape index (κ3) is 4.74. The lowest BCUT2D eigenvalue weighted by Crippen LogP contribution is -2.42. The molecule has 1 aliphatic heterocycles. The molecule has 3 amide bonds. The Kier molecular flexibility index (Phi) is 6.16. The zero-order chi connectivity index (χ0) is 21.0. The van der Waals surface area contributed by atoms with Crippen LogP contribution in [0, 0.1) is 6.92 Å². The van der Waals surface area contributed by atoms with Crippen LogP contribution in [0.1, 0.15) is 36.9 Å². The molecule has 0 aliphatic carbocycles. The Morgan fingerprint density at radius 2 is 1.97 bits per heavy atom. The van der Waals surface area contributed by atoms with E-state index in [9.17, 15) is 14.4 Å². The van der Waals surface area contributed by atoms with Gasteiger partial charge in [-0.05, 0) is 32.0 Å². The molecule has 3 rings (SSSR count). The molecule has 2 N–H and O–H groups in total. The number of anilines is 2. The third-order valence-corrected chi connectivity index (χ3v) is 4.87. The normalized spacial score (nSPS) is 13.9. The van der Waals surface area contributed by atoms with Gasteiger partial charge in [-0.3, -0.25) is 14.4 Å².